The minimum atomic E-state index is -0.964. The Kier molecular flexibility index (Phi) is 2.65. The van der Waals surface area contributed by atoms with Crippen molar-refractivity contribution >= 4 is 18.9 Å². The molecule has 1 aromatic rings. The molecule has 0 fully saturated rings. The highest BCUT2D eigenvalue weighted by Gasteiger charge is 2.12. The standard InChI is InChI=1S/C7H4F2O2S/c8-4-1-2-5(6(9)3-4)7(10)11-12/h1-3,12H. The molecule has 0 N–H and O–H groups in total. The van der Waals surface area contributed by atoms with E-state index in [0.29, 0.717) is 6.07 Å². The van der Waals surface area contributed by atoms with Gasteiger partial charge < -0.3 is 4.18 Å². The fourth-order valence-corrected chi connectivity index (χ4v) is 0.803. The Labute approximate surface area is 72.8 Å². The average molecular weight is 190 g/mol. The maximum atomic E-state index is 12.7. The van der Waals surface area contributed by atoms with Gasteiger partial charge in [-0.1, -0.05) is 0 Å². The Morgan fingerprint density at radius 1 is 1.42 bits per heavy atom. The van der Waals surface area contributed by atoms with Crippen molar-refractivity contribution in [2.45, 2.75) is 0 Å². The highest BCUT2D eigenvalue weighted by atomic mass is 32.1. The SMILES string of the molecule is O=C(OS)c1ccc(F)cc1F. The van der Waals surface area contributed by atoms with Gasteiger partial charge in [0.05, 0.1) is 5.56 Å². The van der Waals surface area contributed by atoms with Crippen LogP contribution in [0.5, 0.6) is 0 Å². The van der Waals surface area contributed by atoms with Crippen molar-refractivity contribution < 1.29 is 17.8 Å². The summed E-state index contributed by atoms with van der Waals surface area (Å²) in [6.45, 7) is 0. The third kappa shape index (κ3) is 1.73. The summed E-state index contributed by atoms with van der Waals surface area (Å²) in [4.78, 5) is 10.7. The Morgan fingerprint density at radius 3 is 2.58 bits per heavy atom. The Morgan fingerprint density at radius 2 is 2.08 bits per heavy atom. The highest BCUT2D eigenvalue weighted by Crippen LogP contribution is 2.10. The van der Waals surface area contributed by atoms with Crippen molar-refractivity contribution in [2.75, 3.05) is 0 Å². The number of benzene rings is 1. The molecule has 0 spiro atoms. The monoisotopic (exact) mass is 190 g/mol. The van der Waals surface area contributed by atoms with Crippen molar-refractivity contribution in [2.24, 2.45) is 0 Å². The molecule has 0 aromatic heterocycles. The molecule has 0 heterocycles. The van der Waals surface area contributed by atoms with E-state index in [0.717, 1.165) is 12.1 Å². The zero-order valence-corrected chi connectivity index (χ0v) is 6.65. The molecule has 0 amide bonds. The lowest BCUT2D eigenvalue weighted by molar-refractivity contribution is 0.0767. The van der Waals surface area contributed by atoms with Crippen LogP contribution in [0.4, 0.5) is 8.78 Å². The van der Waals surface area contributed by atoms with E-state index in [-0.39, 0.29) is 5.56 Å². The number of carbonyl (C=O) groups is 1. The van der Waals surface area contributed by atoms with Crippen molar-refractivity contribution in [1.82, 2.24) is 0 Å². The third-order valence-corrected chi connectivity index (χ3v) is 1.40. The van der Waals surface area contributed by atoms with Crippen molar-refractivity contribution in [1.29, 1.82) is 0 Å². The number of hydrogen-bond donors (Lipinski definition) is 1. The minimum absolute atomic E-state index is 0.341. The Bertz CT molecular complexity index is 314. The quantitative estimate of drug-likeness (QED) is 0.541. The Hall–Kier alpha value is -1.10. The summed E-state index contributed by atoms with van der Waals surface area (Å²) in [5, 5.41) is 0. The van der Waals surface area contributed by atoms with Gasteiger partial charge in [-0.05, 0) is 12.1 Å². The molecule has 0 saturated heterocycles. The summed E-state index contributed by atoms with van der Waals surface area (Å²) in [7, 11) is 0. The topological polar surface area (TPSA) is 26.3 Å². The second-order valence-corrected chi connectivity index (χ2v) is 2.19. The molecular formula is C7H4F2O2S. The van der Waals surface area contributed by atoms with Crippen LogP contribution in [-0.4, -0.2) is 5.97 Å². The van der Waals surface area contributed by atoms with Crippen LogP contribution in [0.1, 0.15) is 10.4 Å². The summed E-state index contributed by atoms with van der Waals surface area (Å²) < 4.78 is 29.0. The number of carbonyl (C=O) groups excluding carboxylic acids is 1. The van der Waals surface area contributed by atoms with Crippen molar-refractivity contribution in [3.05, 3.63) is 35.4 Å². The molecule has 0 radical (unpaired) electrons. The van der Waals surface area contributed by atoms with E-state index >= 15 is 0 Å². The number of rotatable bonds is 1. The molecule has 0 unspecified atom stereocenters. The van der Waals surface area contributed by atoms with Crippen LogP contribution in [0, 0.1) is 11.6 Å². The van der Waals surface area contributed by atoms with Gasteiger partial charge in [0.15, 0.2) is 0 Å². The molecule has 0 saturated carbocycles. The largest absolute Gasteiger partial charge is 0.391 e. The summed E-state index contributed by atoms with van der Waals surface area (Å²) in [6, 6.07) is 2.55. The molecule has 1 aromatic carbocycles. The second-order valence-electron chi connectivity index (χ2n) is 2.00. The fourth-order valence-electron chi connectivity index (χ4n) is 0.704. The molecule has 2 nitrogen and oxygen atoms in total. The van der Waals surface area contributed by atoms with Crippen LogP contribution in [-0.2, 0) is 4.18 Å². The van der Waals surface area contributed by atoms with E-state index in [1.165, 1.54) is 0 Å². The predicted molar refractivity (Wildman–Crippen MR) is 40.8 cm³/mol. The molecule has 1 rings (SSSR count). The van der Waals surface area contributed by atoms with Gasteiger partial charge in [0.1, 0.15) is 11.6 Å². The van der Waals surface area contributed by atoms with Gasteiger partial charge in [-0.3, -0.25) is 0 Å². The first-order valence-electron chi connectivity index (χ1n) is 2.96. The smallest absolute Gasteiger partial charge is 0.352 e. The first-order chi connectivity index (χ1) is 5.65. The van der Waals surface area contributed by atoms with E-state index < -0.39 is 17.6 Å². The Balaban J connectivity index is 3.09. The molecule has 64 valence electrons. The molecule has 0 aliphatic rings. The van der Waals surface area contributed by atoms with E-state index in [1.807, 2.05) is 0 Å². The van der Waals surface area contributed by atoms with Crippen LogP contribution in [0.3, 0.4) is 0 Å². The zero-order chi connectivity index (χ0) is 9.14. The van der Waals surface area contributed by atoms with Gasteiger partial charge in [-0.2, -0.15) is 0 Å². The predicted octanol–water partition coefficient (Wildman–Crippen LogP) is 1.97. The van der Waals surface area contributed by atoms with Gasteiger partial charge in [-0.25, -0.2) is 13.6 Å². The summed E-state index contributed by atoms with van der Waals surface area (Å²) in [5.74, 6) is -2.66. The van der Waals surface area contributed by atoms with Crippen LogP contribution in [0.2, 0.25) is 0 Å². The minimum Gasteiger partial charge on any atom is -0.391 e. The zero-order valence-electron chi connectivity index (χ0n) is 5.75. The van der Waals surface area contributed by atoms with Crippen molar-refractivity contribution in [3.8, 4) is 0 Å². The van der Waals surface area contributed by atoms with Crippen LogP contribution < -0.4 is 0 Å². The lowest BCUT2D eigenvalue weighted by Gasteiger charge is -1.98. The number of halogens is 2. The average Bonchev–Trinajstić information content (AvgIpc) is 2.03. The summed E-state index contributed by atoms with van der Waals surface area (Å²) in [6.07, 6.45) is 0. The van der Waals surface area contributed by atoms with Gasteiger partial charge >= 0.3 is 5.97 Å². The molecular weight excluding hydrogens is 186 g/mol. The highest BCUT2D eigenvalue weighted by molar-refractivity contribution is 7.75. The first-order valence-corrected chi connectivity index (χ1v) is 3.32. The van der Waals surface area contributed by atoms with E-state index in [2.05, 4.69) is 17.1 Å². The molecule has 0 bridgehead atoms. The maximum Gasteiger partial charge on any atom is 0.352 e. The molecule has 12 heavy (non-hydrogen) atoms. The molecule has 5 heteroatoms. The molecule has 0 aliphatic carbocycles. The summed E-state index contributed by atoms with van der Waals surface area (Å²) in [5.41, 5.74) is -0.341. The van der Waals surface area contributed by atoms with Gasteiger partial charge in [0, 0.05) is 19.0 Å². The van der Waals surface area contributed by atoms with Crippen LogP contribution in [0.15, 0.2) is 18.2 Å². The van der Waals surface area contributed by atoms with Gasteiger partial charge in [-0.15, -0.1) is 0 Å². The fraction of sp³-hybridized carbons (Fsp3) is 0. The van der Waals surface area contributed by atoms with E-state index in [4.69, 9.17) is 0 Å². The van der Waals surface area contributed by atoms with Gasteiger partial charge in [0.25, 0.3) is 0 Å². The normalized spacial score (nSPS) is 9.58. The first kappa shape index (κ1) is 8.99. The lowest BCUT2D eigenvalue weighted by atomic mass is 10.2. The van der Waals surface area contributed by atoms with Crippen LogP contribution >= 0.6 is 12.9 Å². The second kappa shape index (κ2) is 3.53. The number of hydrogen-bond acceptors (Lipinski definition) is 3. The van der Waals surface area contributed by atoms with Crippen LogP contribution in [0.25, 0.3) is 0 Å². The molecule has 0 aliphatic heterocycles. The van der Waals surface area contributed by atoms with Gasteiger partial charge in [0.2, 0.25) is 0 Å². The third-order valence-electron chi connectivity index (χ3n) is 1.23. The summed E-state index contributed by atoms with van der Waals surface area (Å²) >= 11 is 3.19. The van der Waals surface area contributed by atoms with E-state index in [1.54, 1.807) is 0 Å². The maximum absolute atomic E-state index is 12.7. The molecule has 0 atom stereocenters. The lowest BCUT2D eigenvalue weighted by Crippen LogP contribution is -2.01. The van der Waals surface area contributed by atoms with Crippen molar-refractivity contribution in [3.63, 3.8) is 0 Å². The number of thiol groups is 1. The van der Waals surface area contributed by atoms with E-state index in [9.17, 15) is 13.6 Å².